The Morgan fingerprint density at radius 2 is 1.86 bits per heavy atom. The first kappa shape index (κ1) is 22.8. The van der Waals surface area contributed by atoms with Gasteiger partial charge in [-0.3, -0.25) is 9.78 Å². The largest absolute Gasteiger partial charge is 0.383 e. The van der Waals surface area contributed by atoms with Crippen molar-refractivity contribution in [3.05, 3.63) is 88.8 Å². The Bertz CT molecular complexity index is 1380. The number of rotatable bonds is 6. The van der Waals surface area contributed by atoms with Crippen molar-refractivity contribution in [1.29, 1.82) is 0 Å². The highest BCUT2D eigenvalue weighted by Crippen LogP contribution is 2.33. The molecule has 9 heteroatoms. The van der Waals surface area contributed by atoms with Crippen LogP contribution in [0.15, 0.2) is 55.0 Å². The normalized spacial score (nSPS) is 13.7. The second-order valence-electron chi connectivity index (χ2n) is 8.64. The first-order valence-electron chi connectivity index (χ1n) is 11.4. The Morgan fingerprint density at radius 1 is 1.09 bits per heavy atom. The topological polar surface area (TPSA) is 97.9 Å². The molecule has 0 aliphatic heterocycles. The van der Waals surface area contributed by atoms with E-state index in [-0.39, 0.29) is 18.0 Å². The summed E-state index contributed by atoms with van der Waals surface area (Å²) in [4.78, 5) is 32.7. The monoisotopic (exact) mass is 474 g/mol. The van der Waals surface area contributed by atoms with E-state index in [1.807, 2.05) is 19.1 Å². The molecule has 5 rings (SSSR count). The lowest BCUT2D eigenvalue weighted by Crippen LogP contribution is -2.34. The number of hydrogen-bond acceptors (Lipinski definition) is 6. The Morgan fingerprint density at radius 3 is 2.57 bits per heavy atom. The fourth-order valence-corrected chi connectivity index (χ4v) is 4.58. The van der Waals surface area contributed by atoms with E-state index in [0.717, 1.165) is 47.5 Å². The smallest absolute Gasteiger partial charge is 0.265 e. The number of aromatic nitrogens is 4. The first-order chi connectivity index (χ1) is 16.9. The van der Waals surface area contributed by atoms with Gasteiger partial charge in [-0.1, -0.05) is 0 Å². The fraction of sp³-hybridized carbons (Fsp3) is 0.269. The van der Waals surface area contributed by atoms with E-state index in [1.165, 1.54) is 12.1 Å². The van der Waals surface area contributed by atoms with Gasteiger partial charge in [0.05, 0.1) is 23.8 Å². The number of carbonyl (C=O) groups is 1. The van der Waals surface area contributed by atoms with Crippen molar-refractivity contribution < 1.29 is 13.6 Å². The van der Waals surface area contributed by atoms with Crippen molar-refractivity contribution in [3.8, 4) is 0 Å². The van der Waals surface area contributed by atoms with Crippen molar-refractivity contribution in [1.82, 2.24) is 24.8 Å². The maximum absolute atomic E-state index is 13.8. The molecule has 7 nitrogen and oxygen atoms in total. The number of pyridine rings is 2. The third kappa shape index (κ3) is 4.41. The Balaban J connectivity index is 1.53. The van der Waals surface area contributed by atoms with Gasteiger partial charge in [-0.05, 0) is 73.7 Å². The molecule has 3 heterocycles. The summed E-state index contributed by atoms with van der Waals surface area (Å²) in [5.74, 6) is 0.787. The molecule has 4 aromatic rings. The quantitative estimate of drug-likeness (QED) is 0.430. The average molecular weight is 475 g/mol. The number of anilines is 1. The number of hydrogen-bond donors (Lipinski definition) is 1. The molecule has 1 amide bonds. The summed E-state index contributed by atoms with van der Waals surface area (Å²) in [6.45, 7) is 1.94. The molecule has 0 bridgehead atoms. The number of alkyl halides is 2. The molecular formula is C26H24F2N6O. The number of halogens is 2. The van der Waals surface area contributed by atoms with E-state index in [2.05, 4.69) is 19.9 Å². The molecule has 178 valence electrons. The molecule has 2 N–H and O–H groups in total. The zero-order valence-corrected chi connectivity index (χ0v) is 19.2. The molecule has 1 atom stereocenters. The summed E-state index contributed by atoms with van der Waals surface area (Å²) in [5, 5.41) is 0.931. The third-order valence-corrected chi connectivity index (χ3v) is 6.46. The molecular weight excluding hydrogens is 450 g/mol. The third-order valence-electron chi connectivity index (χ3n) is 6.46. The lowest BCUT2D eigenvalue weighted by Gasteiger charge is -2.28. The second-order valence-corrected chi connectivity index (χ2v) is 8.64. The zero-order chi connectivity index (χ0) is 24.5. The van der Waals surface area contributed by atoms with Crippen LogP contribution in [0.4, 0.5) is 14.6 Å². The van der Waals surface area contributed by atoms with Crippen molar-refractivity contribution in [2.24, 2.45) is 0 Å². The van der Waals surface area contributed by atoms with Gasteiger partial charge in [-0.15, -0.1) is 0 Å². The van der Waals surface area contributed by atoms with Crippen LogP contribution < -0.4 is 5.73 Å². The minimum Gasteiger partial charge on any atom is -0.383 e. The van der Waals surface area contributed by atoms with Crippen LogP contribution >= 0.6 is 0 Å². The Kier molecular flexibility index (Phi) is 6.07. The molecule has 0 radical (unpaired) electrons. The molecule has 0 fully saturated rings. The van der Waals surface area contributed by atoms with Gasteiger partial charge < -0.3 is 10.6 Å². The summed E-state index contributed by atoms with van der Waals surface area (Å²) in [5.41, 5.74) is 9.94. The average Bonchev–Trinajstić information content (AvgIpc) is 3.38. The van der Waals surface area contributed by atoms with Crippen molar-refractivity contribution in [2.75, 3.05) is 5.73 Å². The number of nitrogens with two attached hydrogens (primary N) is 1. The van der Waals surface area contributed by atoms with Gasteiger partial charge in [0.25, 0.3) is 12.3 Å². The Labute approximate surface area is 201 Å². The number of aryl methyl sites for hydroxylation is 1. The summed E-state index contributed by atoms with van der Waals surface area (Å²) < 4.78 is 25.9. The van der Waals surface area contributed by atoms with E-state index >= 15 is 0 Å². The Hall–Kier alpha value is -4.01. The number of nitrogen functional groups attached to an aromatic ring is 1. The predicted octanol–water partition coefficient (Wildman–Crippen LogP) is 4.83. The van der Waals surface area contributed by atoms with Gasteiger partial charge in [0, 0.05) is 35.1 Å². The molecule has 1 aliphatic rings. The summed E-state index contributed by atoms with van der Waals surface area (Å²) in [6, 6.07) is 9.48. The number of nitrogens with zero attached hydrogens (tertiary/aromatic N) is 5. The van der Waals surface area contributed by atoms with Crippen LogP contribution in [0.5, 0.6) is 0 Å². The van der Waals surface area contributed by atoms with E-state index in [1.54, 1.807) is 29.4 Å². The van der Waals surface area contributed by atoms with E-state index in [0.29, 0.717) is 22.9 Å². The van der Waals surface area contributed by atoms with Crippen LogP contribution in [0.3, 0.4) is 0 Å². The van der Waals surface area contributed by atoms with Crippen LogP contribution in [0.2, 0.25) is 0 Å². The van der Waals surface area contributed by atoms with E-state index < -0.39 is 12.5 Å². The predicted molar refractivity (Wildman–Crippen MR) is 128 cm³/mol. The summed E-state index contributed by atoms with van der Waals surface area (Å²) in [7, 11) is 0. The summed E-state index contributed by atoms with van der Waals surface area (Å²) >= 11 is 0. The SMILES string of the molecule is CC(c1ncccn1)N(Cc1ccc(C(F)F)cn1)C(=O)c1ccc2nc(N)c3c(c2c1)CCC3. The van der Waals surface area contributed by atoms with Gasteiger partial charge in [0.15, 0.2) is 0 Å². The number of fused-ring (bicyclic) bond motifs is 3. The molecule has 0 saturated heterocycles. The molecule has 3 aromatic heterocycles. The number of benzene rings is 1. The van der Waals surface area contributed by atoms with Gasteiger partial charge in [0.1, 0.15) is 11.6 Å². The molecule has 1 aromatic carbocycles. The first-order valence-corrected chi connectivity index (χ1v) is 11.4. The highest BCUT2D eigenvalue weighted by Gasteiger charge is 2.27. The lowest BCUT2D eigenvalue weighted by atomic mass is 10.0. The molecule has 1 unspecified atom stereocenters. The van der Waals surface area contributed by atoms with Gasteiger partial charge in [0.2, 0.25) is 0 Å². The second kappa shape index (κ2) is 9.32. The van der Waals surface area contributed by atoms with Crippen molar-refractivity contribution >= 4 is 22.6 Å². The minimum atomic E-state index is -2.60. The number of carbonyl (C=O) groups excluding carboxylic acids is 1. The van der Waals surface area contributed by atoms with Crippen LogP contribution in [-0.2, 0) is 19.4 Å². The van der Waals surface area contributed by atoms with Crippen LogP contribution in [0.25, 0.3) is 10.9 Å². The highest BCUT2D eigenvalue weighted by molar-refractivity contribution is 5.99. The van der Waals surface area contributed by atoms with Crippen LogP contribution in [0, 0.1) is 0 Å². The maximum Gasteiger partial charge on any atom is 0.265 e. The van der Waals surface area contributed by atoms with Gasteiger partial charge in [-0.25, -0.2) is 23.7 Å². The lowest BCUT2D eigenvalue weighted by molar-refractivity contribution is 0.0663. The zero-order valence-electron chi connectivity index (χ0n) is 19.2. The van der Waals surface area contributed by atoms with E-state index in [4.69, 9.17) is 5.73 Å². The highest BCUT2D eigenvalue weighted by atomic mass is 19.3. The molecule has 0 spiro atoms. The van der Waals surface area contributed by atoms with Gasteiger partial charge in [-0.2, -0.15) is 0 Å². The number of amides is 1. The van der Waals surface area contributed by atoms with Gasteiger partial charge >= 0.3 is 0 Å². The molecule has 35 heavy (non-hydrogen) atoms. The summed E-state index contributed by atoms with van der Waals surface area (Å²) in [6.07, 6.45) is 4.56. The van der Waals surface area contributed by atoms with Crippen LogP contribution in [-0.4, -0.2) is 30.7 Å². The minimum absolute atomic E-state index is 0.109. The molecule has 1 aliphatic carbocycles. The van der Waals surface area contributed by atoms with Crippen molar-refractivity contribution in [2.45, 2.75) is 45.2 Å². The fourth-order valence-electron chi connectivity index (χ4n) is 4.58. The maximum atomic E-state index is 13.8. The molecule has 0 saturated carbocycles. The standard InChI is InChI=1S/C26H24F2N6O/c1-15(25-30-10-3-11-31-25)34(14-18-8-6-17(13-32-18)23(27)28)26(35)16-7-9-22-21(12-16)19-4-2-5-20(19)24(29)33-22/h3,6-13,15,23H,2,4-5,14H2,1H3,(H2,29,33). The van der Waals surface area contributed by atoms with Crippen LogP contribution in [0.1, 0.15) is 64.4 Å². The van der Waals surface area contributed by atoms with Crippen molar-refractivity contribution in [3.63, 3.8) is 0 Å². The van der Waals surface area contributed by atoms with E-state index in [9.17, 15) is 13.6 Å².